The lowest BCUT2D eigenvalue weighted by atomic mass is 9.94. The molecule has 2 aromatic rings. The maximum absolute atomic E-state index is 12.9. The van der Waals surface area contributed by atoms with Crippen molar-refractivity contribution in [3.05, 3.63) is 77.3 Å². The van der Waals surface area contributed by atoms with Crippen LogP contribution in [0.5, 0.6) is 0 Å². The summed E-state index contributed by atoms with van der Waals surface area (Å²) in [6.07, 6.45) is 0.839. The van der Waals surface area contributed by atoms with Crippen molar-refractivity contribution >= 4 is 21.7 Å². The van der Waals surface area contributed by atoms with Crippen molar-refractivity contribution in [2.75, 3.05) is 0 Å². The topological polar surface area (TPSA) is 77.5 Å². The first-order chi connectivity index (χ1) is 10.9. The van der Waals surface area contributed by atoms with Gasteiger partial charge >= 0.3 is 10.1 Å². The molecule has 0 aliphatic heterocycles. The Morgan fingerprint density at radius 1 is 0.870 bits per heavy atom. The Balaban J connectivity index is 1.96. The lowest BCUT2D eigenvalue weighted by Gasteiger charge is -2.15. The predicted molar refractivity (Wildman–Crippen MR) is 77.9 cm³/mol. The summed E-state index contributed by atoms with van der Waals surface area (Å²) in [6, 6.07) is 9.96. The third-order valence-electron chi connectivity index (χ3n) is 3.22. The summed E-state index contributed by atoms with van der Waals surface area (Å²) in [6.45, 7) is 0. The van der Waals surface area contributed by atoms with Crippen molar-refractivity contribution < 1.29 is 26.6 Å². The number of ketones is 2. The van der Waals surface area contributed by atoms with Gasteiger partial charge in [0.1, 0.15) is 10.7 Å². The second-order valence-electron chi connectivity index (χ2n) is 4.74. The summed E-state index contributed by atoms with van der Waals surface area (Å²) in [4.78, 5) is 23.9. The number of rotatable bonds is 3. The second kappa shape index (κ2) is 5.44. The van der Waals surface area contributed by atoms with Crippen molar-refractivity contribution in [3.8, 4) is 0 Å². The van der Waals surface area contributed by atoms with Crippen molar-refractivity contribution in [2.45, 2.75) is 4.90 Å². The lowest BCUT2D eigenvalue weighted by molar-refractivity contribution is 0.0948. The van der Waals surface area contributed by atoms with Gasteiger partial charge in [0.2, 0.25) is 5.78 Å². The molecule has 1 aliphatic rings. The van der Waals surface area contributed by atoms with Crippen LogP contribution in [0.3, 0.4) is 0 Å². The minimum absolute atomic E-state index is 0.0734. The molecule has 0 unspecified atom stereocenters. The van der Waals surface area contributed by atoms with E-state index in [2.05, 4.69) is 0 Å². The van der Waals surface area contributed by atoms with Gasteiger partial charge in [0, 0.05) is 17.2 Å². The van der Waals surface area contributed by atoms with Gasteiger partial charge in [-0.3, -0.25) is 9.59 Å². The van der Waals surface area contributed by atoms with Gasteiger partial charge in [0.25, 0.3) is 0 Å². The number of carbonyl (C=O) groups excluding carboxylic acids is 2. The maximum atomic E-state index is 12.9. The van der Waals surface area contributed by atoms with Crippen LogP contribution in [0, 0.1) is 5.82 Å². The normalized spacial score (nSPS) is 14.2. The second-order valence-corrected chi connectivity index (χ2v) is 6.29. The molecule has 0 bridgehead atoms. The maximum Gasteiger partial charge on any atom is 0.339 e. The first kappa shape index (κ1) is 15.1. The van der Waals surface area contributed by atoms with Crippen molar-refractivity contribution in [3.63, 3.8) is 0 Å². The van der Waals surface area contributed by atoms with Crippen LogP contribution in [0.2, 0.25) is 0 Å². The van der Waals surface area contributed by atoms with Crippen LogP contribution < -0.4 is 0 Å². The van der Waals surface area contributed by atoms with Crippen LogP contribution >= 0.6 is 0 Å². The number of benzene rings is 2. The summed E-state index contributed by atoms with van der Waals surface area (Å²) in [5, 5.41) is 0. The third kappa shape index (κ3) is 2.78. The Kier molecular flexibility index (Phi) is 3.57. The van der Waals surface area contributed by atoms with Crippen LogP contribution in [0.25, 0.3) is 0 Å². The Morgan fingerprint density at radius 3 is 2.13 bits per heavy atom. The fraction of sp³-hybridized carbons (Fsp3) is 0. The van der Waals surface area contributed by atoms with Crippen molar-refractivity contribution in [1.82, 2.24) is 0 Å². The quantitative estimate of drug-likeness (QED) is 0.807. The summed E-state index contributed by atoms with van der Waals surface area (Å²) in [7, 11) is -4.34. The number of halogens is 1. The van der Waals surface area contributed by atoms with Gasteiger partial charge in [-0.15, -0.1) is 0 Å². The van der Waals surface area contributed by atoms with E-state index in [4.69, 9.17) is 4.18 Å². The molecule has 0 spiro atoms. The molecule has 23 heavy (non-hydrogen) atoms. The molecule has 2 aromatic carbocycles. The Morgan fingerprint density at radius 2 is 1.48 bits per heavy atom. The van der Waals surface area contributed by atoms with Crippen LogP contribution in [0.15, 0.2) is 65.3 Å². The van der Waals surface area contributed by atoms with E-state index < -0.39 is 33.3 Å². The van der Waals surface area contributed by atoms with Gasteiger partial charge in [0.05, 0.1) is 0 Å². The molecular formula is C16H9FO5S. The Bertz CT molecular complexity index is 943. The van der Waals surface area contributed by atoms with E-state index in [1.54, 1.807) is 12.1 Å². The van der Waals surface area contributed by atoms with E-state index in [1.165, 1.54) is 12.1 Å². The van der Waals surface area contributed by atoms with Crippen molar-refractivity contribution in [2.24, 2.45) is 0 Å². The highest BCUT2D eigenvalue weighted by atomic mass is 32.2. The largest absolute Gasteiger partial charge is 0.375 e. The molecule has 0 saturated carbocycles. The molecule has 0 amide bonds. The molecule has 0 saturated heterocycles. The summed E-state index contributed by atoms with van der Waals surface area (Å²) >= 11 is 0. The minimum atomic E-state index is -4.34. The zero-order valence-electron chi connectivity index (χ0n) is 11.5. The molecule has 0 aromatic heterocycles. The molecule has 0 radical (unpaired) electrons. The highest BCUT2D eigenvalue weighted by Gasteiger charge is 2.30. The zero-order chi connectivity index (χ0) is 16.6. The van der Waals surface area contributed by atoms with Gasteiger partial charge in [-0.2, -0.15) is 8.42 Å². The molecule has 1 aliphatic carbocycles. The molecular weight excluding hydrogens is 323 g/mol. The van der Waals surface area contributed by atoms with Gasteiger partial charge in [0.15, 0.2) is 11.5 Å². The average Bonchev–Trinajstić information content (AvgIpc) is 2.52. The van der Waals surface area contributed by atoms with E-state index in [0.717, 1.165) is 30.3 Å². The monoisotopic (exact) mass is 332 g/mol. The highest BCUT2D eigenvalue weighted by Crippen LogP contribution is 2.25. The summed E-state index contributed by atoms with van der Waals surface area (Å²) < 4.78 is 41.9. The van der Waals surface area contributed by atoms with E-state index in [-0.39, 0.29) is 16.0 Å². The number of carbonyl (C=O) groups is 2. The predicted octanol–water partition coefficient (Wildman–Crippen LogP) is 2.49. The molecule has 7 heteroatoms. The highest BCUT2D eigenvalue weighted by molar-refractivity contribution is 7.86. The van der Waals surface area contributed by atoms with E-state index in [9.17, 15) is 22.4 Å². The van der Waals surface area contributed by atoms with Gasteiger partial charge in [-0.1, -0.05) is 24.3 Å². The Hall–Kier alpha value is -2.80. The SMILES string of the molecule is O=C1C=C(OS(=O)(=O)c2ccc(F)cc2)C(=O)c2ccccc21. The lowest BCUT2D eigenvalue weighted by Crippen LogP contribution is -2.20. The minimum Gasteiger partial charge on any atom is -0.375 e. The smallest absolute Gasteiger partial charge is 0.339 e. The molecule has 0 heterocycles. The standard InChI is InChI=1S/C16H9FO5S/c17-10-5-7-11(8-6-10)23(20,21)22-15-9-14(18)12-3-1-2-4-13(12)16(15)19/h1-9H. The number of fused-ring (bicyclic) bond motifs is 1. The van der Waals surface area contributed by atoms with E-state index >= 15 is 0 Å². The van der Waals surface area contributed by atoms with Crippen molar-refractivity contribution in [1.29, 1.82) is 0 Å². The number of Topliss-reactive ketones (excluding diaryl/α,β-unsaturated/α-hetero) is 1. The van der Waals surface area contributed by atoms with Gasteiger partial charge in [-0.25, -0.2) is 4.39 Å². The fourth-order valence-corrected chi connectivity index (χ4v) is 3.05. The first-order valence-corrected chi connectivity index (χ1v) is 7.89. The summed E-state index contributed by atoms with van der Waals surface area (Å²) in [5.74, 6) is -2.42. The average molecular weight is 332 g/mol. The number of hydrogen-bond acceptors (Lipinski definition) is 5. The molecule has 3 rings (SSSR count). The summed E-state index contributed by atoms with van der Waals surface area (Å²) in [5.41, 5.74) is 0.258. The first-order valence-electron chi connectivity index (χ1n) is 6.48. The molecule has 5 nitrogen and oxygen atoms in total. The van der Waals surface area contributed by atoms with Crippen LogP contribution in [0.1, 0.15) is 20.7 Å². The zero-order valence-corrected chi connectivity index (χ0v) is 12.3. The van der Waals surface area contributed by atoms with E-state index in [0.29, 0.717) is 0 Å². The van der Waals surface area contributed by atoms with E-state index in [1.807, 2.05) is 0 Å². The fourth-order valence-electron chi connectivity index (χ4n) is 2.12. The van der Waals surface area contributed by atoms with Gasteiger partial charge in [-0.05, 0) is 24.3 Å². The number of allylic oxidation sites excluding steroid dienone is 2. The number of hydrogen-bond donors (Lipinski definition) is 0. The van der Waals surface area contributed by atoms with Crippen LogP contribution in [-0.2, 0) is 14.3 Å². The Labute approximate surface area is 131 Å². The third-order valence-corrected chi connectivity index (χ3v) is 4.47. The molecule has 0 fully saturated rings. The van der Waals surface area contributed by atoms with Crippen LogP contribution in [-0.4, -0.2) is 20.0 Å². The molecule has 0 atom stereocenters. The molecule has 0 N–H and O–H groups in total. The van der Waals surface area contributed by atoms with Crippen LogP contribution in [0.4, 0.5) is 4.39 Å². The molecule has 116 valence electrons. The van der Waals surface area contributed by atoms with Gasteiger partial charge < -0.3 is 4.18 Å².